The lowest BCUT2D eigenvalue weighted by molar-refractivity contribution is 1.12. The fourth-order valence-corrected chi connectivity index (χ4v) is 3.42. The SMILES string of the molecule is CSc1cc(C2CC2)c2nc(C)sc2c1. The molecule has 1 saturated carbocycles. The first kappa shape index (κ1) is 9.67. The zero-order chi connectivity index (χ0) is 10.4. The average molecular weight is 235 g/mol. The van der Waals surface area contributed by atoms with Gasteiger partial charge in [0.2, 0.25) is 0 Å². The van der Waals surface area contributed by atoms with Gasteiger partial charge in [-0.2, -0.15) is 0 Å². The van der Waals surface area contributed by atoms with Crippen LogP contribution < -0.4 is 0 Å². The van der Waals surface area contributed by atoms with Crippen LogP contribution in [0.2, 0.25) is 0 Å². The van der Waals surface area contributed by atoms with Gasteiger partial charge in [-0.3, -0.25) is 0 Å². The van der Waals surface area contributed by atoms with Crippen molar-refractivity contribution < 1.29 is 0 Å². The molecule has 1 fully saturated rings. The highest BCUT2D eigenvalue weighted by Crippen LogP contribution is 2.45. The largest absolute Gasteiger partial charge is 0.241 e. The number of aryl methyl sites for hydroxylation is 1. The molecule has 1 aliphatic rings. The minimum Gasteiger partial charge on any atom is -0.241 e. The summed E-state index contributed by atoms with van der Waals surface area (Å²) in [5.41, 5.74) is 2.75. The number of thiazole rings is 1. The topological polar surface area (TPSA) is 12.9 Å². The van der Waals surface area contributed by atoms with E-state index in [0.29, 0.717) is 0 Å². The molecule has 0 atom stereocenters. The average Bonchev–Trinajstić information content (AvgIpc) is 2.98. The minimum atomic E-state index is 0.793. The third-order valence-electron chi connectivity index (χ3n) is 2.86. The molecule has 3 heteroatoms. The van der Waals surface area contributed by atoms with Crippen LogP contribution in [-0.2, 0) is 0 Å². The van der Waals surface area contributed by atoms with Crippen molar-refractivity contribution in [2.45, 2.75) is 30.6 Å². The van der Waals surface area contributed by atoms with Crippen LogP contribution in [-0.4, -0.2) is 11.2 Å². The quantitative estimate of drug-likeness (QED) is 0.723. The first-order valence-electron chi connectivity index (χ1n) is 5.23. The Balaban J connectivity index is 2.27. The maximum atomic E-state index is 4.66. The predicted molar refractivity (Wildman–Crippen MR) is 68.1 cm³/mol. The monoisotopic (exact) mass is 235 g/mol. The summed E-state index contributed by atoms with van der Waals surface area (Å²) in [4.78, 5) is 6.04. The van der Waals surface area contributed by atoms with Gasteiger partial charge in [0.25, 0.3) is 0 Å². The molecule has 15 heavy (non-hydrogen) atoms. The van der Waals surface area contributed by atoms with Gasteiger partial charge in [0, 0.05) is 4.90 Å². The third-order valence-corrected chi connectivity index (χ3v) is 4.48. The number of hydrogen-bond acceptors (Lipinski definition) is 3. The van der Waals surface area contributed by atoms with E-state index >= 15 is 0 Å². The number of aromatic nitrogens is 1. The summed E-state index contributed by atoms with van der Waals surface area (Å²) in [6.07, 6.45) is 4.85. The van der Waals surface area contributed by atoms with E-state index in [1.807, 2.05) is 23.1 Å². The van der Waals surface area contributed by atoms with E-state index in [4.69, 9.17) is 0 Å². The van der Waals surface area contributed by atoms with Crippen molar-refractivity contribution in [1.82, 2.24) is 4.98 Å². The van der Waals surface area contributed by atoms with Gasteiger partial charge in [0.05, 0.1) is 15.2 Å². The van der Waals surface area contributed by atoms with Gasteiger partial charge in [0.1, 0.15) is 0 Å². The molecular weight excluding hydrogens is 222 g/mol. The third kappa shape index (κ3) is 1.68. The highest BCUT2D eigenvalue weighted by molar-refractivity contribution is 7.98. The van der Waals surface area contributed by atoms with Gasteiger partial charge >= 0.3 is 0 Å². The van der Waals surface area contributed by atoms with Crippen LogP contribution in [0.15, 0.2) is 17.0 Å². The van der Waals surface area contributed by atoms with Gasteiger partial charge in [-0.15, -0.1) is 23.1 Å². The van der Waals surface area contributed by atoms with Crippen molar-refractivity contribution in [3.63, 3.8) is 0 Å². The predicted octanol–water partition coefficient (Wildman–Crippen LogP) is 4.20. The second-order valence-electron chi connectivity index (χ2n) is 4.07. The van der Waals surface area contributed by atoms with E-state index in [2.05, 4.69) is 30.3 Å². The van der Waals surface area contributed by atoms with Crippen molar-refractivity contribution in [2.75, 3.05) is 6.26 Å². The molecular formula is C12H13NS2. The van der Waals surface area contributed by atoms with E-state index in [-0.39, 0.29) is 0 Å². The number of rotatable bonds is 2. The van der Waals surface area contributed by atoms with E-state index in [1.54, 1.807) is 0 Å². The Bertz CT molecular complexity index is 512. The lowest BCUT2D eigenvalue weighted by Crippen LogP contribution is -1.84. The molecule has 1 nitrogen and oxygen atoms in total. The molecule has 2 aromatic rings. The number of thioether (sulfide) groups is 1. The van der Waals surface area contributed by atoms with Crippen molar-refractivity contribution in [2.24, 2.45) is 0 Å². The second-order valence-corrected chi connectivity index (χ2v) is 6.18. The normalized spacial score (nSPS) is 16.1. The van der Waals surface area contributed by atoms with Gasteiger partial charge in [-0.05, 0) is 49.6 Å². The van der Waals surface area contributed by atoms with Crippen LogP contribution in [0.4, 0.5) is 0 Å². The standard InChI is InChI=1S/C12H13NS2/c1-7-13-12-10(8-3-4-8)5-9(14-2)6-11(12)15-7/h5-6,8H,3-4H2,1-2H3. The van der Waals surface area contributed by atoms with Gasteiger partial charge in [-0.1, -0.05) is 0 Å². The first-order chi connectivity index (χ1) is 7.28. The fourth-order valence-electron chi connectivity index (χ4n) is 1.96. The molecule has 0 amide bonds. The lowest BCUT2D eigenvalue weighted by Gasteiger charge is -2.02. The first-order valence-corrected chi connectivity index (χ1v) is 7.27. The number of benzene rings is 1. The van der Waals surface area contributed by atoms with Crippen molar-refractivity contribution in [1.29, 1.82) is 0 Å². The summed E-state index contributed by atoms with van der Waals surface area (Å²) < 4.78 is 1.36. The summed E-state index contributed by atoms with van der Waals surface area (Å²) in [6, 6.07) is 4.61. The highest BCUT2D eigenvalue weighted by atomic mass is 32.2. The Hall–Kier alpha value is -0.540. The molecule has 1 heterocycles. The zero-order valence-electron chi connectivity index (χ0n) is 8.91. The van der Waals surface area contributed by atoms with Crippen molar-refractivity contribution >= 4 is 33.3 Å². The Morgan fingerprint density at radius 3 is 2.87 bits per heavy atom. The summed E-state index contributed by atoms with van der Waals surface area (Å²) in [5, 5.41) is 1.19. The van der Waals surface area contributed by atoms with Crippen LogP contribution in [0.1, 0.15) is 29.3 Å². The minimum absolute atomic E-state index is 0.793. The van der Waals surface area contributed by atoms with E-state index in [0.717, 1.165) is 5.92 Å². The van der Waals surface area contributed by atoms with Crippen LogP contribution in [0.25, 0.3) is 10.2 Å². The molecule has 0 bridgehead atoms. The van der Waals surface area contributed by atoms with E-state index < -0.39 is 0 Å². The van der Waals surface area contributed by atoms with Crippen molar-refractivity contribution in [3.8, 4) is 0 Å². The van der Waals surface area contributed by atoms with Gasteiger partial charge in [0.15, 0.2) is 0 Å². The van der Waals surface area contributed by atoms with Crippen molar-refractivity contribution in [3.05, 3.63) is 22.7 Å². The Kier molecular flexibility index (Phi) is 2.25. The molecule has 0 radical (unpaired) electrons. The molecule has 1 aromatic carbocycles. The molecule has 1 aliphatic carbocycles. The Labute approximate surface area is 97.9 Å². The number of nitrogens with zero attached hydrogens (tertiary/aromatic N) is 1. The lowest BCUT2D eigenvalue weighted by atomic mass is 10.1. The molecule has 0 aliphatic heterocycles. The van der Waals surface area contributed by atoms with Crippen LogP contribution >= 0.6 is 23.1 Å². The summed E-state index contributed by atoms with van der Waals surface area (Å²) >= 11 is 3.65. The maximum Gasteiger partial charge on any atom is 0.0907 e. The van der Waals surface area contributed by atoms with Crippen LogP contribution in [0, 0.1) is 6.92 Å². The second kappa shape index (κ2) is 3.49. The maximum absolute atomic E-state index is 4.66. The summed E-state index contributed by atoms with van der Waals surface area (Å²) in [6.45, 7) is 2.10. The fraction of sp³-hybridized carbons (Fsp3) is 0.417. The van der Waals surface area contributed by atoms with Gasteiger partial charge < -0.3 is 0 Å². The number of hydrogen-bond donors (Lipinski definition) is 0. The Morgan fingerprint density at radius 1 is 1.40 bits per heavy atom. The highest BCUT2D eigenvalue weighted by Gasteiger charge is 2.26. The molecule has 0 spiro atoms. The molecule has 3 rings (SSSR count). The van der Waals surface area contributed by atoms with Crippen LogP contribution in [0.5, 0.6) is 0 Å². The smallest absolute Gasteiger partial charge is 0.0907 e. The van der Waals surface area contributed by atoms with E-state index in [9.17, 15) is 0 Å². The molecule has 78 valence electrons. The van der Waals surface area contributed by atoms with Crippen LogP contribution in [0.3, 0.4) is 0 Å². The summed E-state index contributed by atoms with van der Waals surface area (Å²) in [5.74, 6) is 0.793. The zero-order valence-corrected chi connectivity index (χ0v) is 10.5. The molecule has 0 saturated heterocycles. The van der Waals surface area contributed by atoms with Gasteiger partial charge in [-0.25, -0.2) is 4.98 Å². The molecule has 0 unspecified atom stereocenters. The number of fused-ring (bicyclic) bond motifs is 1. The summed E-state index contributed by atoms with van der Waals surface area (Å²) in [7, 11) is 0. The molecule has 1 aromatic heterocycles. The Morgan fingerprint density at radius 2 is 2.20 bits per heavy atom. The van der Waals surface area contributed by atoms with E-state index in [1.165, 1.54) is 38.5 Å². The molecule has 0 N–H and O–H groups in total.